The quantitative estimate of drug-likeness (QED) is 0.572. The molecular formula is C20H20N6. The summed E-state index contributed by atoms with van der Waals surface area (Å²) in [4.78, 5) is 4.88. The van der Waals surface area contributed by atoms with Crippen LogP contribution in [0.1, 0.15) is 5.56 Å². The fraction of sp³-hybridized carbons (Fsp3) is 0.250. The summed E-state index contributed by atoms with van der Waals surface area (Å²) in [6.07, 6.45) is 1.68. The fourth-order valence-corrected chi connectivity index (χ4v) is 3.70. The number of benzene rings is 2. The van der Waals surface area contributed by atoms with E-state index in [9.17, 15) is 0 Å². The van der Waals surface area contributed by atoms with Gasteiger partial charge in [0.2, 0.25) is 0 Å². The van der Waals surface area contributed by atoms with E-state index in [-0.39, 0.29) is 0 Å². The molecule has 0 spiro atoms. The molecule has 5 rings (SSSR count). The molecule has 0 saturated carbocycles. The van der Waals surface area contributed by atoms with E-state index >= 15 is 0 Å². The van der Waals surface area contributed by atoms with Crippen molar-refractivity contribution in [3.05, 3.63) is 66.5 Å². The molecule has 0 unspecified atom stereocenters. The first kappa shape index (κ1) is 15.3. The number of anilines is 1. The van der Waals surface area contributed by atoms with Gasteiger partial charge >= 0.3 is 0 Å². The lowest BCUT2D eigenvalue weighted by molar-refractivity contribution is 0.249. The van der Waals surface area contributed by atoms with Crippen molar-refractivity contribution in [1.82, 2.24) is 24.7 Å². The molecule has 0 bridgehead atoms. The molecule has 1 fully saturated rings. The summed E-state index contributed by atoms with van der Waals surface area (Å²) in [5, 5.41) is 15.3. The van der Waals surface area contributed by atoms with Gasteiger partial charge in [-0.15, -0.1) is 15.3 Å². The lowest BCUT2D eigenvalue weighted by Crippen LogP contribution is -2.46. The van der Waals surface area contributed by atoms with Crippen molar-refractivity contribution in [2.75, 3.05) is 31.1 Å². The third-order valence-corrected chi connectivity index (χ3v) is 5.06. The van der Waals surface area contributed by atoms with E-state index in [0.29, 0.717) is 0 Å². The normalized spacial score (nSPS) is 15.8. The number of piperazine rings is 1. The molecule has 6 nitrogen and oxygen atoms in total. The van der Waals surface area contributed by atoms with Gasteiger partial charge in [0.25, 0.3) is 0 Å². The van der Waals surface area contributed by atoms with Crippen molar-refractivity contribution in [2.45, 2.75) is 6.54 Å². The van der Waals surface area contributed by atoms with Crippen LogP contribution in [0.2, 0.25) is 0 Å². The molecule has 1 saturated heterocycles. The van der Waals surface area contributed by atoms with Crippen LogP contribution < -0.4 is 4.90 Å². The lowest BCUT2D eigenvalue weighted by Gasteiger charge is -2.35. The molecule has 26 heavy (non-hydrogen) atoms. The fourth-order valence-electron chi connectivity index (χ4n) is 3.70. The Morgan fingerprint density at radius 1 is 0.808 bits per heavy atom. The van der Waals surface area contributed by atoms with Gasteiger partial charge in [-0.1, -0.05) is 54.6 Å². The second kappa shape index (κ2) is 6.38. The first-order chi connectivity index (χ1) is 12.9. The van der Waals surface area contributed by atoms with Crippen LogP contribution in [0.3, 0.4) is 0 Å². The molecule has 0 atom stereocenters. The van der Waals surface area contributed by atoms with Crippen molar-refractivity contribution < 1.29 is 0 Å². The van der Waals surface area contributed by atoms with Gasteiger partial charge in [-0.25, -0.2) is 0 Å². The van der Waals surface area contributed by atoms with Gasteiger partial charge < -0.3 is 4.90 Å². The lowest BCUT2D eigenvalue weighted by atomic mass is 10.1. The summed E-state index contributed by atoms with van der Waals surface area (Å²) in [6.45, 7) is 5.01. The topological polar surface area (TPSA) is 49.6 Å². The number of nitrogens with zero attached hydrogens (tertiary/aromatic N) is 6. The maximum atomic E-state index is 4.80. The first-order valence-electron chi connectivity index (χ1n) is 8.98. The molecule has 2 aromatic carbocycles. The third-order valence-electron chi connectivity index (χ3n) is 5.06. The molecule has 3 heterocycles. The third kappa shape index (κ3) is 2.68. The maximum Gasteiger partial charge on any atom is 0.185 e. The van der Waals surface area contributed by atoms with Crippen LogP contribution >= 0.6 is 0 Å². The summed E-state index contributed by atoms with van der Waals surface area (Å²) >= 11 is 0. The summed E-state index contributed by atoms with van der Waals surface area (Å²) in [5.41, 5.74) is 2.18. The number of hydrogen-bond acceptors (Lipinski definition) is 5. The van der Waals surface area contributed by atoms with Gasteiger partial charge in [0.05, 0.1) is 0 Å². The van der Waals surface area contributed by atoms with Gasteiger partial charge in [-0.3, -0.25) is 4.90 Å². The van der Waals surface area contributed by atoms with Gasteiger partial charge in [0.1, 0.15) is 6.33 Å². The zero-order valence-corrected chi connectivity index (χ0v) is 14.5. The highest BCUT2D eigenvalue weighted by atomic mass is 15.4. The second-order valence-electron chi connectivity index (χ2n) is 6.72. The highest BCUT2D eigenvalue weighted by Gasteiger charge is 2.21. The average molecular weight is 344 g/mol. The number of rotatable bonds is 3. The minimum atomic E-state index is 0.812. The smallest absolute Gasteiger partial charge is 0.185 e. The van der Waals surface area contributed by atoms with E-state index < -0.39 is 0 Å². The average Bonchev–Trinajstić information content (AvgIpc) is 3.18. The second-order valence-corrected chi connectivity index (χ2v) is 6.72. The maximum absolute atomic E-state index is 4.80. The molecule has 1 aliphatic rings. The van der Waals surface area contributed by atoms with Crippen molar-refractivity contribution >= 4 is 22.2 Å². The Hall–Kier alpha value is -2.99. The largest absolute Gasteiger partial charge is 0.352 e. The molecule has 130 valence electrons. The predicted molar refractivity (Wildman–Crippen MR) is 102 cm³/mol. The molecule has 1 aliphatic heterocycles. The van der Waals surface area contributed by atoms with Gasteiger partial charge in [0.15, 0.2) is 11.5 Å². The van der Waals surface area contributed by atoms with Crippen LogP contribution in [0.15, 0.2) is 60.9 Å². The Kier molecular flexibility index (Phi) is 3.75. The molecule has 0 amide bonds. The predicted octanol–water partition coefficient (Wildman–Crippen LogP) is 2.60. The van der Waals surface area contributed by atoms with Crippen LogP contribution in [0, 0.1) is 0 Å². The van der Waals surface area contributed by atoms with E-state index in [1.54, 1.807) is 10.8 Å². The molecule has 2 aromatic heterocycles. The van der Waals surface area contributed by atoms with Gasteiger partial charge in [-0.05, 0) is 5.56 Å². The van der Waals surface area contributed by atoms with Crippen LogP contribution in [-0.2, 0) is 6.54 Å². The highest BCUT2D eigenvalue weighted by molar-refractivity contribution is 6.00. The Morgan fingerprint density at radius 2 is 1.54 bits per heavy atom. The molecule has 0 radical (unpaired) electrons. The van der Waals surface area contributed by atoms with Crippen molar-refractivity contribution in [3.8, 4) is 0 Å². The van der Waals surface area contributed by atoms with E-state index in [2.05, 4.69) is 68.5 Å². The zero-order chi connectivity index (χ0) is 17.3. The molecule has 0 N–H and O–H groups in total. The Morgan fingerprint density at radius 3 is 2.35 bits per heavy atom. The zero-order valence-electron chi connectivity index (χ0n) is 14.5. The summed E-state index contributed by atoms with van der Waals surface area (Å²) in [5.74, 6) is 1.02. The summed E-state index contributed by atoms with van der Waals surface area (Å²) < 4.78 is 1.79. The van der Waals surface area contributed by atoms with E-state index in [1.807, 2.05) is 6.07 Å². The van der Waals surface area contributed by atoms with E-state index in [4.69, 9.17) is 5.10 Å². The minimum Gasteiger partial charge on any atom is -0.352 e. The van der Waals surface area contributed by atoms with Gasteiger partial charge in [0, 0.05) is 43.5 Å². The van der Waals surface area contributed by atoms with Crippen LogP contribution in [-0.4, -0.2) is 50.9 Å². The van der Waals surface area contributed by atoms with E-state index in [1.165, 1.54) is 5.56 Å². The standard InChI is InChI=1S/C20H20N6/c1-2-6-16(7-3-1)14-24-10-12-25(13-11-24)20-18-9-5-4-8-17(18)19-22-21-15-26(19)23-20/h1-9,15H,10-14H2. The van der Waals surface area contributed by atoms with Crippen LogP contribution in [0.25, 0.3) is 16.4 Å². The van der Waals surface area contributed by atoms with Crippen LogP contribution in [0.5, 0.6) is 0 Å². The molecule has 4 aromatic rings. The highest BCUT2D eigenvalue weighted by Crippen LogP contribution is 2.27. The number of fused-ring (bicyclic) bond motifs is 3. The molecule has 0 aliphatic carbocycles. The monoisotopic (exact) mass is 344 g/mol. The summed E-state index contributed by atoms with van der Waals surface area (Å²) in [7, 11) is 0. The number of aromatic nitrogens is 4. The Balaban J connectivity index is 1.41. The van der Waals surface area contributed by atoms with Crippen molar-refractivity contribution in [2.24, 2.45) is 0 Å². The molecular weight excluding hydrogens is 324 g/mol. The Labute approximate surface area is 151 Å². The summed E-state index contributed by atoms with van der Waals surface area (Å²) in [6, 6.07) is 19.0. The molecule has 6 heteroatoms. The van der Waals surface area contributed by atoms with Crippen LogP contribution in [0.4, 0.5) is 5.82 Å². The first-order valence-corrected chi connectivity index (χ1v) is 8.98. The van der Waals surface area contributed by atoms with Crippen molar-refractivity contribution in [1.29, 1.82) is 0 Å². The Bertz CT molecular complexity index is 1030. The number of hydrogen-bond donors (Lipinski definition) is 0. The van der Waals surface area contributed by atoms with Crippen molar-refractivity contribution in [3.63, 3.8) is 0 Å². The SMILES string of the molecule is c1ccc(CN2CCN(c3nn4cnnc4c4ccccc34)CC2)cc1. The minimum absolute atomic E-state index is 0.812. The van der Waals surface area contributed by atoms with Gasteiger partial charge in [-0.2, -0.15) is 4.52 Å². The van der Waals surface area contributed by atoms with E-state index in [0.717, 1.165) is 55.0 Å².